The summed E-state index contributed by atoms with van der Waals surface area (Å²) in [5, 5.41) is 4.34. The maximum absolute atomic E-state index is 12.0. The van der Waals surface area contributed by atoms with E-state index in [4.69, 9.17) is 4.42 Å². The maximum Gasteiger partial charge on any atom is 0.153 e. The summed E-state index contributed by atoms with van der Waals surface area (Å²) in [5.41, 5.74) is 0.779. The van der Waals surface area contributed by atoms with Crippen LogP contribution < -0.4 is 5.32 Å². The van der Waals surface area contributed by atoms with Crippen molar-refractivity contribution in [2.75, 3.05) is 11.5 Å². The molecule has 2 heterocycles. The largest absolute Gasteiger partial charge is 0.459 e. The Morgan fingerprint density at radius 2 is 2.15 bits per heavy atom. The molecule has 1 aromatic carbocycles. The van der Waals surface area contributed by atoms with E-state index < -0.39 is 9.84 Å². The zero-order valence-corrected chi connectivity index (χ0v) is 13.5. The predicted molar refractivity (Wildman–Crippen MR) is 82.5 cm³/mol. The van der Waals surface area contributed by atoms with E-state index in [1.807, 2.05) is 31.2 Å². The van der Waals surface area contributed by atoms with E-state index in [1.54, 1.807) is 0 Å². The molecule has 6 heteroatoms. The van der Waals surface area contributed by atoms with E-state index in [9.17, 15) is 8.42 Å². The summed E-state index contributed by atoms with van der Waals surface area (Å²) in [7, 11) is -3.02. The first-order valence-corrected chi connectivity index (χ1v) is 9.24. The van der Waals surface area contributed by atoms with Gasteiger partial charge in [-0.05, 0) is 30.7 Å². The highest BCUT2D eigenvalue weighted by molar-refractivity contribution is 9.10. The molecular weight excluding hydrogens is 342 g/mol. The molecular formula is C14H16BrNO3S. The van der Waals surface area contributed by atoms with Crippen molar-refractivity contribution < 1.29 is 12.8 Å². The molecule has 1 N–H and O–H groups in total. The molecule has 0 radical (unpaired) electrons. The minimum absolute atomic E-state index is 0.00121. The first-order chi connectivity index (χ1) is 9.47. The van der Waals surface area contributed by atoms with Crippen LogP contribution in [-0.2, 0) is 9.84 Å². The van der Waals surface area contributed by atoms with Crippen LogP contribution in [0.3, 0.4) is 0 Å². The van der Waals surface area contributed by atoms with Crippen LogP contribution >= 0.6 is 15.9 Å². The first kappa shape index (κ1) is 14.1. The number of halogens is 1. The molecule has 20 heavy (non-hydrogen) atoms. The molecule has 1 aliphatic rings. The number of nitrogens with one attached hydrogen (secondary N) is 1. The number of furan rings is 1. The van der Waals surface area contributed by atoms with Gasteiger partial charge in [0.25, 0.3) is 0 Å². The van der Waals surface area contributed by atoms with E-state index in [0.29, 0.717) is 5.76 Å². The lowest BCUT2D eigenvalue weighted by Crippen LogP contribution is -2.46. The molecule has 0 aliphatic carbocycles. The normalized spacial score (nSPS) is 25.9. The summed E-state index contributed by atoms with van der Waals surface area (Å²) < 4.78 is 30.7. The van der Waals surface area contributed by atoms with Gasteiger partial charge in [-0.25, -0.2) is 8.42 Å². The van der Waals surface area contributed by atoms with Crippen molar-refractivity contribution in [3.63, 3.8) is 0 Å². The van der Waals surface area contributed by atoms with Crippen molar-refractivity contribution in [3.05, 3.63) is 34.5 Å². The van der Waals surface area contributed by atoms with Crippen molar-refractivity contribution in [2.45, 2.75) is 25.4 Å². The Balaban J connectivity index is 1.97. The molecule has 2 aromatic rings. The third-order valence-electron chi connectivity index (χ3n) is 3.65. The molecule has 3 rings (SSSR count). The lowest BCUT2D eigenvalue weighted by Gasteiger charge is -2.29. The molecule has 2 atom stereocenters. The Morgan fingerprint density at radius 1 is 1.35 bits per heavy atom. The van der Waals surface area contributed by atoms with Gasteiger partial charge in [0.15, 0.2) is 9.84 Å². The fraction of sp³-hybridized carbons (Fsp3) is 0.429. The molecule has 0 amide bonds. The molecule has 1 fully saturated rings. The number of fused-ring (bicyclic) bond motifs is 1. The standard InChI is InChI=1S/C14H16BrNO3S/c1-2-11-7-20(17,18)8-12(16-11)14-6-9-5-10(15)3-4-13(9)19-14/h3-6,11-12,16H,2,7-8H2,1H3. The average Bonchev–Trinajstić information content (AvgIpc) is 2.79. The zero-order chi connectivity index (χ0) is 14.3. The highest BCUT2D eigenvalue weighted by Crippen LogP contribution is 2.29. The Morgan fingerprint density at radius 3 is 2.90 bits per heavy atom. The topological polar surface area (TPSA) is 59.3 Å². The number of hydrogen-bond acceptors (Lipinski definition) is 4. The van der Waals surface area contributed by atoms with Gasteiger partial charge in [0.1, 0.15) is 11.3 Å². The number of rotatable bonds is 2. The summed E-state index contributed by atoms with van der Waals surface area (Å²) in [6.45, 7) is 1.99. The van der Waals surface area contributed by atoms with Gasteiger partial charge in [0.05, 0.1) is 17.5 Å². The van der Waals surface area contributed by atoms with Crippen molar-refractivity contribution in [1.29, 1.82) is 0 Å². The molecule has 0 bridgehead atoms. The van der Waals surface area contributed by atoms with E-state index in [-0.39, 0.29) is 23.6 Å². The molecule has 4 nitrogen and oxygen atoms in total. The van der Waals surface area contributed by atoms with E-state index >= 15 is 0 Å². The molecule has 1 aliphatic heterocycles. The molecule has 1 saturated heterocycles. The highest BCUT2D eigenvalue weighted by atomic mass is 79.9. The molecule has 108 valence electrons. The molecule has 0 spiro atoms. The maximum atomic E-state index is 12.0. The van der Waals surface area contributed by atoms with Gasteiger partial charge in [-0.3, -0.25) is 0 Å². The Hall–Kier alpha value is -0.850. The number of sulfone groups is 1. The Kier molecular flexibility index (Phi) is 3.64. The fourth-order valence-electron chi connectivity index (χ4n) is 2.62. The summed E-state index contributed by atoms with van der Waals surface area (Å²) in [6.07, 6.45) is 0.793. The van der Waals surface area contributed by atoms with Crippen LogP contribution in [0.15, 0.2) is 33.2 Å². The Bertz CT molecular complexity index is 738. The minimum Gasteiger partial charge on any atom is -0.459 e. The third-order valence-corrected chi connectivity index (χ3v) is 5.89. The van der Waals surface area contributed by atoms with Gasteiger partial charge in [-0.1, -0.05) is 22.9 Å². The van der Waals surface area contributed by atoms with Crippen LogP contribution in [0.2, 0.25) is 0 Å². The average molecular weight is 358 g/mol. The van der Waals surface area contributed by atoms with Gasteiger partial charge in [0.2, 0.25) is 0 Å². The van der Waals surface area contributed by atoms with Gasteiger partial charge in [-0.15, -0.1) is 0 Å². The quantitative estimate of drug-likeness (QED) is 0.897. The van der Waals surface area contributed by atoms with Crippen molar-refractivity contribution in [3.8, 4) is 0 Å². The third kappa shape index (κ3) is 2.77. The second kappa shape index (κ2) is 5.16. The number of benzene rings is 1. The summed E-state index contributed by atoms with van der Waals surface area (Å²) in [5.74, 6) is 1.01. The summed E-state index contributed by atoms with van der Waals surface area (Å²) >= 11 is 3.42. The van der Waals surface area contributed by atoms with E-state index in [0.717, 1.165) is 21.9 Å². The smallest absolute Gasteiger partial charge is 0.153 e. The van der Waals surface area contributed by atoms with Crippen LogP contribution in [0, 0.1) is 0 Å². The zero-order valence-electron chi connectivity index (χ0n) is 11.1. The van der Waals surface area contributed by atoms with Crippen LogP contribution in [0.25, 0.3) is 11.0 Å². The second-order valence-electron chi connectivity index (χ2n) is 5.23. The SMILES string of the molecule is CCC1CS(=O)(=O)CC(c2cc3cc(Br)ccc3o2)N1. The lowest BCUT2D eigenvalue weighted by molar-refractivity contribution is 0.389. The van der Waals surface area contributed by atoms with Crippen molar-refractivity contribution in [1.82, 2.24) is 5.32 Å². The van der Waals surface area contributed by atoms with Crippen LogP contribution in [0.5, 0.6) is 0 Å². The van der Waals surface area contributed by atoms with Gasteiger partial charge in [0, 0.05) is 15.9 Å². The molecule has 0 saturated carbocycles. The monoisotopic (exact) mass is 357 g/mol. The summed E-state index contributed by atoms with van der Waals surface area (Å²) in [4.78, 5) is 0. The van der Waals surface area contributed by atoms with Crippen LogP contribution in [0.4, 0.5) is 0 Å². The van der Waals surface area contributed by atoms with Crippen molar-refractivity contribution in [2.24, 2.45) is 0 Å². The van der Waals surface area contributed by atoms with Crippen molar-refractivity contribution >= 4 is 36.7 Å². The number of hydrogen-bond donors (Lipinski definition) is 1. The molecule has 2 unspecified atom stereocenters. The van der Waals surface area contributed by atoms with Crippen LogP contribution in [0.1, 0.15) is 25.1 Å². The van der Waals surface area contributed by atoms with Crippen LogP contribution in [-0.4, -0.2) is 26.0 Å². The van der Waals surface area contributed by atoms with E-state index in [2.05, 4.69) is 21.2 Å². The second-order valence-corrected chi connectivity index (χ2v) is 8.30. The fourth-order valence-corrected chi connectivity index (χ4v) is 4.84. The van der Waals surface area contributed by atoms with Gasteiger partial charge in [-0.2, -0.15) is 0 Å². The highest BCUT2D eigenvalue weighted by Gasteiger charge is 2.32. The first-order valence-electron chi connectivity index (χ1n) is 6.62. The lowest BCUT2D eigenvalue weighted by atomic mass is 10.1. The van der Waals surface area contributed by atoms with E-state index in [1.165, 1.54) is 0 Å². The minimum atomic E-state index is -3.02. The summed E-state index contributed by atoms with van der Waals surface area (Å²) in [6, 6.07) is 7.43. The predicted octanol–water partition coefficient (Wildman–Crippen LogP) is 3.03. The van der Waals surface area contributed by atoms with Gasteiger partial charge < -0.3 is 9.73 Å². The van der Waals surface area contributed by atoms with Gasteiger partial charge >= 0.3 is 0 Å². The molecule has 1 aromatic heterocycles. The Labute approximate surface area is 126 Å².